The van der Waals surface area contributed by atoms with E-state index >= 15 is 0 Å². The van der Waals surface area contributed by atoms with Crippen molar-refractivity contribution in [2.24, 2.45) is 0 Å². The molecule has 0 spiro atoms. The largest absolute Gasteiger partial charge is 0.467 e. The summed E-state index contributed by atoms with van der Waals surface area (Å²) in [5.41, 5.74) is -4.37. The van der Waals surface area contributed by atoms with Crippen molar-refractivity contribution in [2.45, 2.75) is 49.3 Å². The van der Waals surface area contributed by atoms with E-state index in [1.54, 1.807) is 22.8 Å². The van der Waals surface area contributed by atoms with E-state index in [9.17, 15) is 31.1 Å². The van der Waals surface area contributed by atoms with Gasteiger partial charge in [0.05, 0.1) is 36.5 Å². The lowest BCUT2D eigenvalue weighted by molar-refractivity contribution is -0.154. The van der Waals surface area contributed by atoms with Gasteiger partial charge in [-0.05, 0) is 49.1 Å². The van der Waals surface area contributed by atoms with Crippen LogP contribution in [0, 0.1) is 0 Å². The molecule has 1 aromatic heterocycles. The number of alkyl halides is 6. The highest BCUT2D eigenvalue weighted by atomic mass is 19.4. The van der Waals surface area contributed by atoms with Gasteiger partial charge >= 0.3 is 18.3 Å². The Hall–Kier alpha value is -3.45. The van der Waals surface area contributed by atoms with Crippen molar-refractivity contribution in [3.05, 3.63) is 83.4 Å². The lowest BCUT2D eigenvalue weighted by atomic mass is 9.76. The number of esters is 1. The van der Waals surface area contributed by atoms with E-state index in [0.29, 0.717) is 18.6 Å². The second-order valence-electron chi connectivity index (χ2n) is 9.49. The molecular weight excluding hydrogens is 530 g/mol. The lowest BCUT2D eigenvalue weighted by Crippen LogP contribution is -2.61. The topological polar surface area (TPSA) is 78.3 Å². The zero-order valence-corrected chi connectivity index (χ0v) is 21.0. The zero-order chi connectivity index (χ0) is 28.5. The van der Waals surface area contributed by atoms with Crippen molar-refractivity contribution in [1.29, 1.82) is 0 Å². The fourth-order valence-electron chi connectivity index (χ4n) is 4.81. The molecule has 1 aliphatic rings. The summed E-state index contributed by atoms with van der Waals surface area (Å²) in [5.74, 6) is -0.519. The molecule has 2 heterocycles. The van der Waals surface area contributed by atoms with Crippen molar-refractivity contribution in [3.8, 4) is 0 Å². The van der Waals surface area contributed by atoms with Crippen LogP contribution in [0.15, 0.2) is 61.2 Å². The number of carbonyl (C=O) groups excluding carboxylic acids is 1. The SMILES string of the molecule is COC(=O)[C@@]1(n2cnnc2)CC[C@@](COC(C)c2cc(C(F)(F)F)cc(C(F)(F)F)c2)(c2ccccc2)NC1. The highest BCUT2D eigenvalue weighted by molar-refractivity contribution is 5.79. The molecule has 13 heteroatoms. The summed E-state index contributed by atoms with van der Waals surface area (Å²) in [7, 11) is 1.27. The molecule has 0 bridgehead atoms. The van der Waals surface area contributed by atoms with Gasteiger partial charge in [0.15, 0.2) is 5.54 Å². The van der Waals surface area contributed by atoms with Gasteiger partial charge in [0.2, 0.25) is 0 Å². The van der Waals surface area contributed by atoms with Gasteiger partial charge < -0.3 is 19.4 Å². The molecule has 2 aromatic carbocycles. The summed E-state index contributed by atoms with van der Waals surface area (Å²) in [6.07, 6.45) is -7.67. The third-order valence-electron chi connectivity index (χ3n) is 7.15. The van der Waals surface area contributed by atoms with Crippen LogP contribution < -0.4 is 5.32 Å². The van der Waals surface area contributed by atoms with Crippen molar-refractivity contribution >= 4 is 5.97 Å². The normalized spacial score (nSPS) is 22.9. The predicted octanol–water partition coefficient (Wildman–Crippen LogP) is 5.24. The molecule has 1 fully saturated rings. The first-order valence-electron chi connectivity index (χ1n) is 12.0. The second kappa shape index (κ2) is 10.6. The van der Waals surface area contributed by atoms with Gasteiger partial charge in [-0.2, -0.15) is 26.3 Å². The fraction of sp³-hybridized carbons (Fsp3) is 0.423. The van der Waals surface area contributed by atoms with Crippen LogP contribution in [0.3, 0.4) is 0 Å². The average Bonchev–Trinajstić information content (AvgIpc) is 3.46. The van der Waals surface area contributed by atoms with Crippen LogP contribution in [0.4, 0.5) is 26.3 Å². The number of ether oxygens (including phenoxy) is 2. The molecule has 0 radical (unpaired) electrons. The molecule has 3 atom stereocenters. The van der Waals surface area contributed by atoms with Gasteiger partial charge in [-0.25, -0.2) is 4.79 Å². The number of carbonyl (C=O) groups is 1. The van der Waals surface area contributed by atoms with Crippen LogP contribution >= 0.6 is 0 Å². The molecule has 4 rings (SSSR count). The van der Waals surface area contributed by atoms with Crippen LogP contribution in [-0.4, -0.2) is 41.0 Å². The lowest BCUT2D eigenvalue weighted by Gasteiger charge is -2.46. The van der Waals surface area contributed by atoms with Crippen molar-refractivity contribution in [1.82, 2.24) is 20.1 Å². The molecule has 210 valence electrons. The van der Waals surface area contributed by atoms with Crippen molar-refractivity contribution in [3.63, 3.8) is 0 Å². The maximum atomic E-state index is 13.4. The van der Waals surface area contributed by atoms with Crippen molar-refractivity contribution < 1.29 is 40.6 Å². The molecule has 1 N–H and O–H groups in total. The molecule has 7 nitrogen and oxygen atoms in total. The molecule has 0 saturated carbocycles. The summed E-state index contributed by atoms with van der Waals surface area (Å²) in [4.78, 5) is 12.9. The Morgan fingerprint density at radius 2 is 1.59 bits per heavy atom. The minimum atomic E-state index is -4.97. The molecule has 1 saturated heterocycles. The number of aromatic nitrogens is 3. The van der Waals surface area contributed by atoms with Crippen LogP contribution in [0.25, 0.3) is 0 Å². The Morgan fingerprint density at radius 3 is 2.08 bits per heavy atom. The Labute approximate surface area is 220 Å². The van der Waals surface area contributed by atoms with E-state index in [1.165, 1.54) is 26.7 Å². The van der Waals surface area contributed by atoms with E-state index in [-0.39, 0.29) is 31.2 Å². The first kappa shape index (κ1) is 28.6. The molecule has 1 aliphatic heterocycles. The summed E-state index contributed by atoms with van der Waals surface area (Å²) < 4.78 is 92.8. The highest BCUT2D eigenvalue weighted by Crippen LogP contribution is 2.41. The molecule has 0 aliphatic carbocycles. The molecule has 1 unspecified atom stereocenters. The molecule has 39 heavy (non-hydrogen) atoms. The number of benzene rings is 2. The van der Waals surface area contributed by atoms with Crippen LogP contribution in [-0.2, 0) is 37.7 Å². The standard InChI is InChI=1S/C26H26F6N4O3/c1-17(18-10-20(25(27,28)29)12-21(11-18)26(30,31)32)39-14-23(19-6-4-3-5-7-19)8-9-24(13-33-23,22(37)38-2)36-15-34-35-16-36/h3-7,10-12,15-17,33H,8-9,13-14H2,1-2H3/t17?,23-,24-/m1/s1. The summed E-state index contributed by atoms with van der Waals surface area (Å²) in [6, 6.07) is 10.5. The van der Waals surface area contributed by atoms with Gasteiger partial charge in [0.1, 0.15) is 12.7 Å². The number of hydrogen-bond donors (Lipinski definition) is 1. The first-order chi connectivity index (χ1) is 18.3. The van der Waals surface area contributed by atoms with Gasteiger partial charge in [-0.3, -0.25) is 0 Å². The molecule has 3 aromatic rings. The van der Waals surface area contributed by atoms with E-state index < -0.39 is 46.6 Å². The molecule has 0 amide bonds. The highest BCUT2D eigenvalue weighted by Gasteiger charge is 2.50. The number of nitrogens with zero attached hydrogens (tertiary/aromatic N) is 3. The number of hydrogen-bond acceptors (Lipinski definition) is 6. The third-order valence-corrected chi connectivity index (χ3v) is 7.15. The maximum Gasteiger partial charge on any atom is 0.416 e. The smallest absolute Gasteiger partial charge is 0.416 e. The number of piperidine rings is 1. The number of halogens is 6. The fourth-order valence-corrected chi connectivity index (χ4v) is 4.81. The van der Waals surface area contributed by atoms with E-state index in [2.05, 4.69) is 15.5 Å². The minimum Gasteiger partial charge on any atom is -0.467 e. The Bertz CT molecular complexity index is 1240. The quantitative estimate of drug-likeness (QED) is 0.317. The van der Waals surface area contributed by atoms with Crippen molar-refractivity contribution in [2.75, 3.05) is 20.3 Å². The van der Waals surface area contributed by atoms with E-state index in [4.69, 9.17) is 9.47 Å². The average molecular weight is 557 g/mol. The Balaban J connectivity index is 1.63. The van der Waals surface area contributed by atoms with Gasteiger partial charge in [-0.15, -0.1) is 10.2 Å². The number of methoxy groups -OCH3 is 1. The Morgan fingerprint density at radius 1 is 1.00 bits per heavy atom. The number of nitrogens with one attached hydrogen (secondary N) is 1. The molecular formula is C26H26F6N4O3. The summed E-state index contributed by atoms with van der Waals surface area (Å²) in [5, 5.41) is 10.9. The monoisotopic (exact) mass is 556 g/mol. The minimum absolute atomic E-state index is 0.0755. The number of rotatable bonds is 7. The van der Waals surface area contributed by atoms with Crippen LogP contribution in [0.1, 0.15) is 48.1 Å². The van der Waals surface area contributed by atoms with E-state index in [0.717, 1.165) is 5.56 Å². The second-order valence-corrected chi connectivity index (χ2v) is 9.49. The predicted molar refractivity (Wildman–Crippen MR) is 126 cm³/mol. The Kier molecular flexibility index (Phi) is 7.77. The maximum absolute atomic E-state index is 13.4. The van der Waals surface area contributed by atoms with Gasteiger partial charge in [0, 0.05) is 6.54 Å². The summed E-state index contributed by atoms with van der Waals surface area (Å²) >= 11 is 0. The van der Waals surface area contributed by atoms with Gasteiger partial charge in [-0.1, -0.05) is 30.3 Å². The summed E-state index contributed by atoms with van der Waals surface area (Å²) in [6.45, 7) is 1.37. The van der Waals surface area contributed by atoms with E-state index in [1.807, 2.05) is 12.1 Å². The first-order valence-corrected chi connectivity index (χ1v) is 12.0. The zero-order valence-electron chi connectivity index (χ0n) is 21.0. The third kappa shape index (κ3) is 5.78. The van der Waals surface area contributed by atoms with Crippen LogP contribution in [0.2, 0.25) is 0 Å². The van der Waals surface area contributed by atoms with Gasteiger partial charge in [0.25, 0.3) is 0 Å². The van der Waals surface area contributed by atoms with Crippen LogP contribution in [0.5, 0.6) is 0 Å².